The molecular formula is C15H19ClO5. The van der Waals surface area contributed by atoms with Crippen molar-refractivity contribution in [3.8, 4) is 0 Å². The Bertz CT molecular complexity index is 544. The van der Waals surface area contributed by atoms with Gasteiger partial charge in [0.1, 0.15) is 17.8 Å². The number of aliphatic hydroxyl groups is 2. The number of alkyl halides is 1. The van der Waals surface area contributed by atoms with Gasteiger partial charge < -0.3 is 19.7 Å². The summed E-state index contributed by atoms with van der Waals surface area (Å²) in [7, 11) is 0. The minimum atomic E-state index is -1.20. The highest BCUT2D eigenvalue weighted by Crippen LogP contribution is 2.70. The van der Waals surface area contributed by atoms with Crippen molar-refractivity contribution in [1.82, 2.24) is 0 Å². The van der Waals surface area contributed by atoms with E-state index in [-0.39, 0.29) is 17.9 Å². The van der Waals surface area contributed by atoms with E-state index in [4.69, 9.17) is 21.1 Å². The Morgan fingerprint density at radius 3 is 2.81 bits per heavy atom. The molecule has 4 rings (SSSR count). The number of epoxide rings is 1. The summed E-state index contributed by atoms with van der Waals surface area (Å²) in [5.74, 6) is -1.22. The summed E-state index contributed by atoms with van der Waals surface area (Å²) in [6, 6.07) is 0. The van der Waals surface area contributed by atoms with Crippen LogP contribution in [-0.4, -0.2) is 51.1 Å². The molecule has 2 saturated heterocycles. The maximum Gasteiger partial charge on any atom is 0.334 e. The van der Waals surface area contributed by atoms with Gasteiger partial charge in [0.15, 0.2) is 0 Å². The molecule has 5 nitrogen and oxygen atoms in total. The summed E-state index contributed by atoms with van der Waals surface area (Å²) >= 11 is 6.38. The zero-order valence-corrected chi connectivity index (χ0v) is 12.7. The van der Waals surface area contributed by atoms with Crippen LogP contribution in [0.3, 0.4) is 0 Å². The van der Waals surface area contributed by atoms with Crippen LogP contribution in [0.4, 0.5) is 0 Å². The Hall–Kier alpha value is -0.620. The smallest absolute Gasteiger partial charge is 0.334 e. The second-order valence-electron chi connectivity index (χ2n) is 7.08. The fraction of sp³-hybridized carbons (Fsp3) is 0.800. The molecule has 2 aliphatic heterocycles. The molecule has 1 spiro atoms. The number of carbonyl (C=O) groups is 1. The summed E-state index contributed by atoms with van der Waals surface area (Å²) in [4.78, 5) is 11.9. The average molecular weight is 315 g/mol. The highest BCUT2D eigenvalue weighted by atomic mass is 35.5. The van der Waals surface area contributed by atoms with Crippen molar-refractivity contribution in [3.63, 3.8) is 0 Å². The van der Waals surface area contributed by atoms with E-state index >= 15 is 0 Å². The molecule has 116 valence electrons. The van der Waals surface area contributed by atoms with Crippen LogP contribution >= 0.6 is 11.6 Å². The van der Waals surface area contributed by atoms with Crippen LogP contribution in [0.5, 0.6) is 0 Å². The lowest BCUT2D eigenvalue weighted by Gasteiger charge is -2.46. The van der Waals surface area contributed by atoms with Crippen LogP contribution in [0.25, 0.3) is 0 Å². The van der Waals surface area contributed by atoms with E-state index < -0.39 is 40.7 Å². The number of halogens is 1. The maximum absolute atomic E-state index is 11.9. The number of esters is 1. The minimum absolute atomic E-state index is 0.185. The molecule has 2 N–H and O–H groups in total. The van der Waals surface area contributed by atoms with Gasteiger partial charge in [0.25, 0.3) is 0 Å². The molecule has 9 atom stereocenters. The number of fused-ring (bicyclic) bond motifs is 2. The first-order chi connectivity index (χ1) is 9.72. The monoisotopic (exact) mass is 314 g/mol. The van der Waals surface area contributed by atoms with Gasteiger partial charge in [-0.1, -0.05) is 6.58 Å². The molecule has 0 aromatic rings. The van der Waals surface area contributed by atoms with Crippen LogP contribution in [-0.2, 0) is 14.3 Å². The molecule has 9 unspecified atom stereocenters. The Morgan fingerprint density at radius 2 is 2.19 bits per heavy atom. The Morgan fingerprint density at radius 1 is 1.52 bits per heavy atom. The third-order valence-electron chi connectivity index (χ3n) is 6.01. The van der Waals surface area contributed by atoms with E-state index in [1.54, 1.807) is 13.8 Å². The van der Waals surface area contributed by atoms with Gasteiger partial charge in [-0.2, -0.15) is 0 Å². The zero-order valence-electron chi connectivity index (χ0n) is 12.0. The number of rotatable bonds is 1. The lowest BCUT2D eigenvalue weighted by Crippen LogP contribution is -2.58. The van der Waals surface area contributed by atoms with E-state index in [0.29, 0.717) is 12.0 Å². The summed E-state index contributed by atoms with van der Waals surface area (Å²) in [6.07, 6.45) is -0.810. The predicted molar refractivity (Wildman–Crippen MR) is 73.7 cm³/mol. The van der Waals surface area contributed by atoms with Gasteiger partial charge in [0, 0.05) is 17.4 Å². The van der Waals surface area contributed by atoms with Crippen molar-refractivity contribution in [1.29, 1.82) is 0 Å². The Kier molecular flexibility index (Phi) is 2.55. The molecule has 2 heterocycles. The van der Waals surface area contributed by atoms with Crippen LogP contribution in [0.15, 0.2) is 12.2 Å². The summed E-state index contributed by atoms with van der Waals surface area (Å²) in [5.41, 5.74) is -1.46. The van der Waals surface area contributed by atoms with Crippen molar-refractivity contribution in [3.05, 3.63) is 12.2 Å². The van der Waals surface area contributed by atoms with Crippen LogP contribution in [0, 0.1) is 17.8 Å². The first-order valence-electron chi connectivity index (χ1n) is 7.35. The molecule has 0 aromatic heterocycles. The molecule has 0 amide bonds. The van der Waals surface area contributed by atoms with Gasteiger partial charge in [0.05, 0.1) is 23.0 Å². The minimum Gasteiger partial charge on any atom is -0.458 e. The number of aliphatic hydroxyl groups excluding tert-OH is 1. The second-order valence-corrected chi connectivity index (χ2v) is 7.55. The fourth-order valence-electron chi connectivity index (χ4n) is 5.02. The van der Waals surface area contributed by atoms with Gasteiger partial charge in [0.2, 0.25) is 0 Å². The Balaban J connectivity index is 1.83. The second kappa shape index (κ2) is 3.82. The molecule has 6 heteroatoms. The number of hydrogen-bond donors (Lipinski definition) is 2. The van der Waals surface area contributed by atoms with E-state index in [1.165, 1.54) is 0 Å². The van der Waals surface area contributed by atoms with E-state index in [2.05, 4.69) is 6.58 Å². The van der Waals surface area contributed by atoms with Gasteiger partial charge in [-0.05, 0) is 20.3 Å². The first kappa shape index (κ1) is 14.0. The normalized spacial score (nSPS) is 59.1. The van der Waals surface area contributed by atoms with Crippen molar-refractivity contribution in [2.45, 2.75) is 55.2 Å². The average Bonchev–Trinajstić information content (AvgIpc) is 2.98. The van der Waals surface area contributed by atoms with Gasteiger partial charge in [-0.25, -0.2) is 4.79 Å². The van der Waals surface area contributed by atoms with Crippen molar-refractivity contribution < 1.29 is 24.5 Å². The third-order valence-corrected chi connectivity index (χ3v) is 6.68. The Labute approximate surface area is 127 Å². The quantitative estimate of drug-likeness (QED) is 0.321. The SMILES string of the molecule is C=C1C(=O)OC2C1CC(C(C)O)C13OC1C(Cl)C(C)(O)C23. The summed E-state index contributed by atoms with van der Waals surface area (Å²) in [6.45, 7) is 7.20. The topological polar surface area (TPSA) is 79.3 Å². The number of ether oxygens (including phenoxy) is 2. The first-order valence-corrected chi connectivity index (χ1v) is 7.78. The largest absolute Gasteiger partial charge is 0.458 e. The molecule has 2 saturated carbocycles. The van der Waals surface area contributed by atoms with Crippen molar-refractivity contribution >= 4 is 17.6 Å². The molecule has 0 radical (unpaired) electrons. The van der Waals surface area contributed by atoms with Crippen LogP contribution < -0.4 is 0 Å². The number of carbonyl (C=O) groups excluding carboxylic acids is 1. The van der Waals surface area contributed by atoms with Crippen molar-refractivity contribution in [2.24, 2.45) is 17.8 Å². The summed E-state index contributed by atoms with van der Waals surface area (Å²) in [5, 5.41) is 20.5. The van der Waals surface area contributed by atoms with Crippen LogP contribution in [0.1, 0.15) is 20.3 Å². The maximum atomic E-state index is 11.9. The fourth-order valence-corrected chi connectivity index (χ4v) is 5.40. The molecule has 21 heavy (non-hydrogen) atoms. The molecular weight excluding hydrogens is 296 g/mol. The lowest BCUT2D eigenvalue weighted by atomic mass is 9.62. The predicted octanol–water partition coefficient (Wildman–Crippen LogP) is 0.611. The standard InChI is InChI=1S/C15H19ClO5/c1-5-7-4-8(6(2)17)15-10(9(7)20-13(5)18)14(3,19)11(16)12(15)21-15/h6-12,17,19H,1,4H2,2-3H3. The molecule has 4 fully saturated rings. The van der Waals surface area contributed by atoms with Gasteiger partial charge in [-0.15, -0.1) is 11.6 Å². The highest BCUT2D eigenvalue weighted by molar-refractivity contribution is 6.22. The van der Waals surface area contributed by atoms with E-state index in [1.807, 2.05) is 0 Å². The van der Waals surface area contributed by atoms with Gasteiger partial charge >= 0.3 is 5.97 Å². The molecule has 2 aliphatic carbocycles. The lowest BCUT2D eigenvalue weighted by molar-refractivity contribution is -0.164. The highest BCUT2D eigenvalue weighted by Gasteiger charge is 2.84. The van der Waals surface area contributed by atoms with E-state index in [0.717, 1.165) is 0 Å². The van der Waals surface area contributed by atoms with Crippen molar-refractivity contribution in [2.75, 3.05) is 0 Å². The van der Waals surface area contributed by atoms with Crippen LogP contribution in [0.2, 0.25) is 0 Å². The number of hydrogen-bond acceptors (Lipinski definition) is 5. The molecule has 0 aromatic carbocycles. The third kappa shape index (κ3) is 1.41. The molecule has 0 bridgehead atoms. The zero-order chi connectivity index (χ0) is 15.3. The summed E-state index contributed by atoms with van der Waals surface area (Å²) < 4.78 is 11.3. The molecule has 4 aliphatic rings. The van der Waals surface area contributed by atoms with Gasteiger partial charge in [-0.3, -0.25) is 0 Å². The van der Waals surface area contributed by atoms with E-state index in [9.17, 15) is 15.0 Å².